The van der Waals surface area contributed by atoms with Crippen LogP contribution in [0.2, 0.25) is 5.02 Å². The molecule has 0 saturated carbocycles. The van der Waals surface area contributed by atoms with E-state index in [4.69, 9.17) is 11.6 Å². The quantitative estimate of drug-likeness (QED) is 0.514. The number of likely N-dealkylation sites (tertiary alicyclic amines) is 2. The van der Waals surface area contributed by atoms with Gasteiger partial charge in [-0.05, 0) is 63.9 Å². The molecule has 2 aromatic rings. The molecule has 2 fully saturated rings. The van der Waals surface area contributed by atoms with E-state index in [-0.39, 0.29) is 16.5 Å². The zero-order valence-corrected chi connectivity index (χ0v) is 19.6. The average molecular weight is 486 g/mol. The Hall–Kier alpha value is -1.64. The Balaban J connectivity index is 1.47. The Morgan fingerprint density at radius 2 is 1.75 bits per heavy atom. The second-order valence-electron chi connectivity index (χ2n) is 8.60. The number of hydrogen-bond acceptors (Lipinski definition) is 4. The van der Waals surface area contributed by atoms with Crippen LogP contribution in [0.15, 0.2) is 18.2 Å². The van der Waals surface area contributed by atoms with Gasteiger partial charge in [-0.3, -0.25) is 4.79 Å². The molecule has 2 aliphatic heterocycles. The molecule has 2 aliphatic rings. The highest BCUT2D eigenvalue weighted by Gasteiger charge is 2.32. The van der Waals surface area contributed by atoms with Gasteiger partial charge in [-0.2, -0.15) is 13.2 Å². The Labute approximate surface area is 195 Å². The van der Waals surface area contributed by atoms with Gasteiger partial charge in [0.05, 0.1) is 16.3 Å². The lowest BCUT2D eigenvalue weighted by molar-refractivity contribution is -0.137. The van der Waals surface area contributed by atoms with Crippen LogP contribution in [0.5, 0.6) is 0 Å². The van der Waals surface area contributed by atoms with E-state index in [2.05, 4.69) is 9.88 Å². The fourth-order valence-corrected chi connectivity index (χ4v) is 5.94. The fourth-order valence-electron chi connectivity index (χ4n) is 4.61. The van der Waals surface area contributed by atoms with Crippen molar-refractivity contribution in [3.8, 4) is 10.6 Å². The summed E-state index contributed by atoms with van der Waals surface area (Å²) in [5.74, 6) is -0.0938. The lowest BCUT2D eigenvalue weighted by Gasteiger charge is -2.38. The first-order chi connectivity index (χ1) is 15.2. The molecule has 9 heteroatoms. The summed E-state index contributed by atoms with van der Waals surface area (Å²) < 4.78 is 39.4. The number of thiazole rings is 1. The number of carbonyl (C=O) groups is 1. The molecule has 1 aromatic carbocycles. The first-order valence-corrected chi connectivity index (χ1v) is 12.3. The van der Waals surface area contributed by atoms with E-state index in [1.54, 1.807) is 6.92 Å². The van der Waals surface area contributed by atoms with E-state index in [9.17, 15) is 18.0 Å². The van der Waals surface area contributed by atoms with Gasteiger partial charge in [0.2, 0.25) is 0 Å². The first-order valence-electron chi connectivity index (χ1n) is 11.1. The fraction of sp³-hybridized carbons (Fsp3) is 0.565. The summed E-state index contributed by atoms with van der Waals surface area (Å²) in [7, 11) is 0. The maximum atomic E-state index is 13.2. The molecule has 4 rings (SSSR count). The van der Waals surface area contributed by atoms with Crippen molar-refractivity contribution in [1.82, 2.24) is 14.8 Å². The van der Waals surface area contributed by atoms with Crippen LogP contribution in [-0.2, 0) is 6.18 Å². The highest BCUT2D eigenvalue weighted by atomic mass is 35.5. The van der Waals surface area contributed by atoms with Gasteiger partial charge in [0.25, 0.3) is 5.91 Å². The second kappa shape index (κ2) is 9.69. The zero-order valence-electron chi connectivity index (χ0n) is 18.1. The third-order valence-electron chi connectivity index (χ3n) is 6.42. The number of halogens is 4. The van der Waals surface area contributed by atoms with Gasteiger partial charge in [-0.1, -0.05) is 24.4 Å². The second-order valence-corrected chi connectivity index (χ2v) is 10.0. The number of carbonyl (C=O) groups excluding carboxylic acids is 1. The van der Waals surface area contributed by atoms with Gasteiger partial charge >= 0.3 is 6.18 Å². The van der Waals surface area contributed by atoms with Gasteiger partial charge in [0, 0.05) is 24.7 Å². The van der Waals surface area contributed by atoms with Crippen molar-refractivity contribution in [1.29, 1.82) is 0 Å². The number of nitrogens with zero attached hydrogens (tertiary/aromatic N) is 3. The van der Waals surface area contributed by atoms with E-state index in [1.165, 1.54) is 31.7 Å². The van der Waals surface area contributed by atoms with Crippen molar-refractivity contribution < 1.29 is 18.0 Å². The van der Waals surface area contributed by atoms with Crippen LogP contribution in [0.4, 0.5) is 13.2 Å². The van der Waals surface area contributed by atoms with Crippen molar-refractivity contribution in [3.05, 3.63) is 39.4 Å². The molecule has 0 atom stereocenters. The van der Waals surface area contributed by atoms with Gasteiger partial charge in [-0.15, -0.1) is 11.3 Å². The molecule has 0 radical (unpaired) electrons. The normalized spacial score (nSPS) is 19.2. The predicted molar refractivity (Wildman–Crippen MR) is 121 cm³/mol. The molecule has 4 nitrogen and oxygen atoms in total. The molecule has 0 N–H and O–H groups in total. The largest absolute Gasteiger partial charge is 0.416 e. The summed E-state index contributed by atoms with van der Waals surface area (Å²) in [5.41, 5.74) is -0.0557. The number of alkyl halides is 3. The molecule has 3 heterocycles. The van der Waals surface area contributed by atoms with Crippen LogP contribution in [0.1, 0.15) is 59.5 Å². The average Bonchev–Trinajstić information content (AvgIpc) is 2.96. The third kappa shape index (κ3) is 5.13. The van der Waals surface area contributed by atoms with E-state index in [0.29, 0.717) is 34.7 Å². The maximum absolute atomic E-state index is 13.2. The third-order valence-corrected chi connectivity index (χ3v) is 7.93. The molecule has 0 aliphatic carbocycles. The minimum atomic E-state index is -4.47. The molecular formula is C23H27ClF3N3OS. The molecule has 0 spiro atoms. The molecule has 2 saturated heterocycles. The Morgan fingerprint density at radius 1 is 1.09 bits per heavy atom. The molecule has 1 amide bonds. The topological polar surface area (TPSA) is 36.4 Å². The monoisotopic (exact) mass is 485 g/mol. The van der Waals surface area contributed by atoms with Crippen molar-refractivity contribution in [3.63, 3.8) is 0 Å². The number of piperidine rings is 1. The van der Waals surface area contributed by atoms with Crippen molar-refractivity contribution in [2.24, 2.45) is 0 Å². The Bertz CT molecular complexity index is 962. The summed E-state index contributed by atoms with van der Waals surface area (Å²) in [5, 5.41) is 0.519. The van der Waals surface area contributed by atoms with Gasteiger partial charge in [0.15, 0.2) is 0 Å². The highest BCUT2D eigenvalue weighted by molar-refractivity contribution is 7.17. The van der Waals surface area contributed by atoms with E-state index >= 15 is 0 Å². The molecule has 174 valence electrons. The summed E-state index contributed by atoms with van der Waals surface area (Å²) >= 11 is 7.29. The lowest BCUT2D eigenvalue weighted by atomic mass is 10.0. The number of hydrogen-bond donors (Lipinski definition) is 0. The van der Waals surface area contributed by atoms with Crippen molar-refractivity contribution in [2.45, 2.75) is 57.7 Å². The van der Waals surface area contributed by atoms with E-state index < -0.39 is 11.7 Å². The van der Waals surface area contributed by atoms with E-state index in [0.717, 1.165) is 49.4 Å². The smallest absolute Gasteiger partial charge is 0.338 e. The Kier molecular flexibility index (Phi) is 7.12. The number of rotatable bonds is 3. The van der Waals surface area contributed by atoms with Crippen LogP contribution < -0.4 is 0 Å². The SMILES string of the molecule is Cc1nc(-c2cc(C(F)(F)F)ccc2Cl)sc1C(=O)N1CCC(N2CCCCCC2)CC1. The van der Waals surface area contributed by atoms with E-state index in [1.807, 2.05) is 4.90 Å². The maximum Gasteiger partial charge on any atom is 0.416 e. The number of amides is 1. The molecule has 0 bridgehead atoms. The molecule has 1 aromatic heterocycles. The number of aryl methyl sites for hydroxylation is 1. The predicted octanol–water partition coefficient (Wildman–Crippen LogP) is 6.27. The van der Waals surface area contributed by atoms with Crippen LogP contribution >= 0.6 is 22.9 Å². The molecule has 32 heavy (non-hydrogen) atoms. The molecule has 0 unspecified atom stereocenters. The molecular weight excluding hydrogens is 459 g/mol. The van der Waals surface area contributed by atoms with Crippen LogP contribution in [0.3, 0.4) is 0 Å². The first kappa shape index (κ1) is 23.5. The minimum absolute atomic E-state index is 0.0938. The standard InChI is InChI=1S/C23H27ClF3N3OS/c1-15-20(32-21(28-15)18-14-16(23(25,26)27)6-7-19(18)24)22(31)30-12-8-17(9-13-30)29-10-4-2-3-5-11-29/h6-7,14,17H,2-5,8-13H2,1H3. The van der Waals surface area contributed by atoms with Crippen molar-refractivity contribution >= 4 is 28.8 Å². The lowest BCUT2D eigenvalue weighted by Crippen LogP contribution is -2.47. The summed E-state index contributed by atoms with van der Waals surface area (Å²) in [6, 6.07) is 3.71. The van der Waals surface area contributed by atoms with Crippen LogP contribution in [-0.4, -0.2) is 52.9 Å². The summed E-state index contributed by atoms with van der Waals surface area (Å²) in [6.07, 6.45) is 2.54. The van der Waals surface area contributed by atoms with Crippen LogP contribution in [0, 0.1) is 6.92 Å². The van der Waals surface area contributed by atoms with Crippen molar-refractivity contribution in [2.75, 3.05) is 26.2 Å². The highest BCUT2D eigenvalue weighted by Crippen LogP contribution is 2.38. The van der Waals surface area contributed by atoms with Crippen LogP contribution in [0.25, 0.3) is 10.6 Å². The number of aromatic nitrogens is 1. The van der Waals surface area contributed by atoms with Gasteiger partial charge in [-0.25, -0.2) is 4.98 Å². The van der Waals surface area contributed by atoms with Gasteiger partial charge in [0.1, 0.15) is 9.88 Å². The minimum Gasteiger partial charge on any atom is -0.338 e. The summed E-state index contributed by atoms with van der Waals surface area (Å²) in [6.45, 7) is 5.40. The van der Waals surface area contributed by atoms with Gasteiger partial charge < -0.3 is 9.80 Å². The zero-order chi connectivity index (χ0) is 22.9. The number of benzene rings is 1. The Morgan fingerprint density at radius 3 is 2.38 bits per heavy atom. The summed E-state index contributed by atoms with van der Waals surface area (Å²) in [4.78, 5) is 22.5.